The summed E-state index contributed by atoms with van der Waals surface area (Å²) in [4.78, 5) is 4.42. The molecule has 1 aliphatic carbocycles. The van der Waals surface area contributed by atoms with Crippen molar-refractivity contribution in [2.45, 2.75) is 25.4 Å². The second-order valence-corrected chi connectivity index (χ2v) is 5.05. The highest BCUT2D eigenvalue weighted by Crippen LogP contribution is 2.27. The van der Waals surface area contributed by atoms with Crippen LogP contribution in [0.4, 0.5) is 5.69 Å². The first-order chi connectivity index (χ1) is 9.72. The lowest BCUT2D eigenvalue weighted by Crippen LogP contribution is -2.25. The molecule has 0 spiro atoms. The van der Waals surface area contributed by atoms with E-state index >= 15 is 0 Å². The Kier molecular flexibility index (Phi) is 7.81. The van der Waals surface area contributed by atoms with Crippen LogP contribution in [0.25, 0.3) is 0 Å². The summed E-state index contributed by atoms with van der Waals surface area (Å²) in [5, 5.41) is 3.08. The van der Waals surface area contributed by atoms with Crippen molar-refractivity contribution >= 4 is 35.6 Å². The summed E-state index contributed by atoms with van der Waals surface area (Å²) in [7, 11) is 3.41. The van der Waals surface area contributed by atoms with E-state index in [4.69, 9.17) is 15.2 Å². The number of nitrogens with zero attached hydrogens (tertiary/aromatic N) is 1. The molecule has 1 fully saturated rings. The lowest BCUT2D eigenvalue weighted by atomic mass is 10.1. The van der Waals surface area contributed by atoms with Crippen LogP contribution in [0.5, 0.6) is 5.75 Å². The Morgan fingerprint density at radius 3 is 2.90 bits per heavy atom. The van der Waals surface area contributed by atoms with E-state index in [0.29, 0.717) is 24.5 Å². The fourth-order valence-electron chi connectivity index (χ4n) is 2.63. The Morgan fingerprint density at radius 2 is 2.19 bits per heavy atom. The molecule has 6 heteroatoms. The maximum absolute atomic E-state index is 5.92. The Morgan fingerprint density at radius 1 is 1.38 bits per heavy atom. The summed E-state index contributed by atoms with van der Waals surface area (Å²) in [5.74, 6) is 1.70. The molecule has 21 heavy (non-hydrogen) atoms. The molecule has 0 radical (unpaired) electrons. The van der Waals surface area contributed by atoms with Crippen LogP contribution in [0.15, 0.2) is 29.3 Å². The van der Waals surface area contributed by atoms with Gasteiger partial charge < -0.3 is 20.5 Å². The van der Waals surface area contributed by atoms with E-state index in [9.17, 15) is 0 Å². The summed E-state index contributed by atoms with van der Waals surface area (Å²) < 4.78 is 10.6. The van der Waals surface area contributed by atoms with Gasteiger partial charge in [-0.3, -0.25) is 4.99 Å². The summed E-state index contributed by atoms with van der Waals surface area (Å²) in [6.07, 6.45) is 3.82. The van der Waals surface area contributed by atoms with Gasteiger partial charge in [0, 0.05) is 31.3 Å². The van der Waals surface area contributed by atoms with E-state index in [-0.39, 0.29) is 24.0 Å². The smallest absolute Gasteiger partial charge is 0.193 e. The van der Waals surface area contributed by atoms with Crippen LogP contribution in [0, 0.1) is 5.92 Å². The van der Waals surface area contributed by atoms with Gasteiger partial charge >= 0.3 is 0 Å². The zero-order chi connectivity index (χ0) is 14.4. The molecule has 1 aliphatic rings. The molecule has 5 nitrogen and oxygen atoms in total. The number of aliphatic imine (C=N–C) groups is 1. The number of halogens is 1. The normalized spacial score (nSPS) is 21.7. The van der Waals surface area contributed by atoms with E-state index in [2.05, 4.69) is 10.3 Å². The highest BCUT2D eigenvalue weighted by atomic mass is 127. The average molecular weight is 405 g/mol. The first-order valence-corrected chi connectivity index (χ1v) is 6.96. The molecule has 1 aromatic rings. The maximum atomic E-state index is 5.92. The summed E-state index contributed by atoms with van der Waals surface area (Å²) in [5.41, 5.74) is 6.79. The molecule has 3 N–H and O–H groups in total. The fourth-order valence-corrected chi connectivity index (χ4v) is 2.63. The van der Waals surface area contributed by atoms with Crippen molar-refractivity contribution in [3.8, 4) is 5.75 Å². The second-order valence-electron chi connectivity index (χ2n) is 5.05. The van der Waals surface area contributed by atoms with Gasteiger partial charge in [-0.1, -0.05) is 12.5 Å². The molecular formula is C15H24IN3O2. The SMILES string of the molecule is COc1cccc(NC(N)=NCC2CCCC2OC)c1.I. The molecule has 0 aromatic heterocycles. The second kappa shape index (κ2) is 9.09. The van der Waals surface area contributed by atoms with Gasteiger partial charge in [0.15, 0.2) is 5.96 Å². The van der Waals surface area contributed by atoms with Gasteiger partial charge in [0.1, 0.15) is 5.75 Å². The number of anilines is 1. The van der Waals surface area contributed by atoms with E-state index in [0.717, 1.165) is 24.3 Å². The molecular weight excluding hydrogens is 381 g/mol. The minimum absolute atomic E-state index is 0. The summed E-state index contributed by atoms with van der Waals surface area (Å²) >= 11 is 0. The van der Waals surface area contributed by atoms with Crippen molar-refractivity contribution in [2.75, 3.05) is 26.1 Å². The van der Waals surface area contributed by atoms with E-state index in [1.807, 2.05) is 24.3 Å². The molecule has 0 bridgehead atoms. The Bertz CT molecular complexity index is 468. The Balaban J connectivity index is 0.00000220. The monoisotopic (exact) mass is 405 g/mol. The molecule has 0 saturated heterocycles. The Hall–Kier alpha value is -1.02. The van der Waals surface area contributed by atoms with Crippen molar-refractivity contribution in [2.24, 2.45) is 16.6 Å². The molecule has 0 heterocycles. The highest BCUT2D eigenvalue weighted by molar-refractivity contribution is 14.0. The zero-order valence-electron chi connectivity index (χ0n) is 12.5. The predicted molar refractivity (Wildman–Crippen MR) is 96.7 cm³/mol. The van der Waals surface area contributed by atoms with Crippen LogP contribution < -0.4 is 15.8 Å². The zero-order valence-corrected chi connectivity index (χ0v) is 14.9. The molecule has 2 rings (SSSR count). The fraction of sp³-hybridized carbons (Fsp3) is 0.533. The molecule has 2 unspecified atom stereocenters. The minimum atomic E-state index is 0. The van der Waals surface area contributed by atoms with Crippen molar-refractivity contribution in [1.29, 1.82) is 0 Å². The topological polar surface area (TPSA) is 68.9 Å². The highest BCUT2D eigenvalue weighted by Gasteiger charge is 2.26. The molecule has 0 aliphatic heterocycles. The number of rotatable bonds is 5. The molecule has 2 atom stereocenters. The number of benzene rings is 1. The van der Waals surface area contributed by atoms with Gasteiger partial charge in [-0.2, -0.15) is 0 Å². The summed E-state index contributed by atoms with van der Waals surface area (Å²) in [6.45, 7) is 0.710. The largest absolute Gasteiger partial charge is 0.497 e. The van der Waals surface area contributed by atoms with E-state index < -0.39 is 0 Å². The van der Waals surface area contributed by atoms with Gasteiger partial charge in [-0.25, -0.2) is 0 Å². The van der Waals surface area contributed by atoms with Crippen molar-refractivity contribution in [3.05, 3.63) is 24.3 Å². The van der Waals surface area contributed by atoms with Crippen molar-refractivity contribution in [1.82, 2.24) is 0 Å². The predicted octanol–water partition coefficient (Wildman–Crippen LogP) is 2.85. The average Bonchev–Trinajstić information content (AvgIpc) is 2.93. The quantitative estimate of drug-likeness (QED) is 0.449. The summed E-state index contributed by atoms with van der Waals surface area (Å²) in [6, 6.07) is 7.61. The third-order valence-corrected chi connectivity index (χ3v) is 3.73. The molecule has 0 amide bonds. The van der Waals surface area contributed by atoms with Crippen LogP contribution in [-0.2, 0) is 4.74 Å². The van der Waals surface area contributed by atoms with Gasteiger partial charge in [-0.05, 0) is 25.0 Å². The molecule has 1 aromatic carbocycles. The number of methoxy groups -OCH3 is 2. The lowest BCUT2D eigenvalue weighted by molar-refractivity contribution is 0.0743. The lowest BCUT2D eigenvalue weighted by Gasteiger charge is -2.16. The van der Waals surface area contributed by atoms with Gasteiger partial charge in [0.05, 0.1) is 13.2 Å². The van der Waals surface area contributed by atoms with Crippen LogP contribution in [-0.4, -0.2) is 32.8 Å². The molecule has 1 saturated carbocycles. The minimum Gasteiger partial charge on any atom is -0.497 e. The number of hydrogen-bond acceptors (Lipinski definition) is 3. The Labute approximate surface area is 143 Å². The molecule has 118 valence electrons. The standard InChI is InChI=1S/C15H23N3O2.HI/c1-19-13-7-4-6-12(9-13)18-15(16)17-10-11-5-3-8-14(11)20-2;/h4,6-7,9,11,14H,3,5,8,10H2,1-2H3,(H3,16,17,18);1H. The first-order valence-electron chi connectivity index (χ1n) is 6.96. The number of hydrogen-bond donors (Lipinski definition) is 2. The van der Waals surface area contributed by atoms with Crippen LogP contribution in [0.2, 0.25) is 0 Å². The van der Waals surface area contributed by atoms with Gasteiger partial charge in [-0.15, -0.1) is 24.0 Å². The van der Waals surface area contributed by atoms with E-state index in [1.165, 1.54) is 6.42 Å². The number of nitrogens with two attached hydrogens (primary N) is 1. The van der Waals surface area contributed by atoms with Crippen LogP contribution in [0.1, 0.15) is 19.3 Å². The van der Waals surface area contributed by atoms with Gasteiger partial charge in [0.25, 0.3) is 0 Å². The third kappa shape index (κ3) is 5.35. The maximum Gasteiger partial charge on any atom is 0.193 e. The van der Waals surface area contributed by atoms with Gasteiger partial charge in [0.2, 0.25) is 0 Å². The van der Waals surface area contributed by atoms with Crippen molar-refractivity contribution < 1.29 is 9.47 Å². The number of ether oxygens (including phenoxy) is 2. The van der Waals surface area contributed by atoms with Crippen LogP contribution >= 0.6 is 24.0 Å². The first kappa shape index (κ1) is 18.0. The number of nitrogens with one attached hydrogen (secondary N) is 1. The van der Waals surface area contributed by atoms with Crippen molar-refractivity contribution in [3.63, 3.8) is 0 Å². The third-order valence-electron chi connectivity index (χ3n) is 3.73. The number of guanidine groups is 1. The van der Waals surface area contributed by atoms with Crippen LogP contribution in [0.3, 0.4) is 0 Å². The van der Waals surface area contributed by atoms with E-state index in [1.54, 1.807) is 14.2 Å².